The van der Waals surface area contributed by atoms with Gasteiger partial charge in [0.15, 0.2) is 0 Å². The summed E-state index contributed by atoms with van der Waals surface area (Å²) in [5.74, 6) is -2.76. The lowest BCUT2D eigenvalue weighted by molar-refractivity contribution is -0.192. The minimum atomic E-state index is -5.08. The molecule has 2 aromatic carbocycles. The van der Waals surface area contributed by atoms with E-state index in [0.717, 1.165) is 24.8 Å². The van der Waals surface area contributed by atoms with Crippen LogP contribution in [0.3, 0.4) is 0 Å². The first kappa shape index (κ1) is 25.1. The molecule has 1 saturated heterocycles. The molecule has 7 nitrogen and oxygen atoms in total. The number of aliphatic hydroxyl groups is 1. The minimum absolute atomic E-state index is 0.0226. The van der Waals surface area contributed by atoms with Crippen LogP contribution in [0.15, 0.2) is 47.4 Å². The van der Waals surface area contributed by atoms with Gasteiger partial charge in [-0.1, -0.05) is 36.4 Å². The first-order valence-electron chi connectivity index (χ1n) is 9.61. The van der Waals surface area contributed by atoms with Crippen LogP contribution >= 0.6 is 0 Å². The highest BCUT2D eigenvalue weighted by molar-refractivity contribution is 7.89. The Morgan fingerprint density at radius 3 is 2.42 bits per heavy atom. The fourth-order valence-electron chi connectivity index (χ4n) is 3.31. The van der Waals surface area contributed by atoms with E-state index < -0.39 is 28.3 Å². The van der Waals surface area contributed by atoms with Crippen molar-refractivity contribution in [3.8, 4) is 0 Å². The summed E-state index contributed by atoms with van der Waals surface area (Å²) < 4.78 is 59.5. The Labute approximate surface area is 178 Å². The second-order valence-electron chi connectivity index (χ2n) is 7.27. The Balaban J connectivity index is 0.000000423. The topological polar surface area (TPSA) is 107 Å². The van der Waals surface area contributed by atoms with Crippen molar-refractivity contribution in [3.05, 3.63) is 42.5 Å². The number of alkyl halides is 3. The average Bonchev–Trinajstić information content (AvgIpc) is 3.10. The molecule has 1 aliphatic rings. The summed E-state index contributed by atoms with van der Waals surface area (Å²) in [5.41, 5.74) is 0. The molecule has 0 spiro atoms. The summed E-state index contributed by atoms with van der Waals surface area (Å²) in [6.07, 6.45) is -3.53. The monoisotopic (exact) mass is 462 g/mol. The van der Waals surface area contributed by atoms with E-state index in [2.05, 4.69) is 16.5 Å². The molecule has 3 N–H and O–H groups in total. The Hall–Kier alpha value is -2.21. The molecule has 11 heteroatoms. The van der Waals surface area contributed by atoms with Gasteiger partial charge in [-0.2, -0.15) is 13.2 Å². The number of carboxylic acids is 1. The van der Waals surface area contributed by atoms with Gasteiger partial charge in [-0.05, 0) is 37.8 Å². The minimum Gasteiger partial charge on any atom is -0.475 e. The molecule has 2 aromatic rings. The van der Waals surface area contributed by atoms with Crippen LogP contribution in [0.25, 0.3) is 10.8 Å². The maximum absolute atomic E-state index is 12.6. The van der Waals surface area contributed by atoms with E-state index in [4.69, 9.17) is 9.90 Å². The molecule has 0 saturated carbocycles. The molecule has 172 valence electrons. The van der Waals surface area contributed by atoms with Crippen LogP contribution < -0.4 is 4.72 Å². The van der Waals surface area contributed by atoms with Crippen molar-refractivity contribution in [1.29, 1.82) is 0 Å². The molecule has 0 bridgehead atoms. The number of β-amino-alcohol motifs (C(OH)–C–C–N with tert-alkyl or cyclic N) is 1. The fraction of sp³-hybridized carbons (Fsp3) is 0.450. The lowest BCUT2D eigenvalue weighted by atomic mass is 10.1. The van der Waals surface area contributed by atoms with E-state index in [1.165, 1.54) is 0 Å². The summed E-state index contributed by atoms with van der Waals surface area (Å²) in [6.45, 7) is 3.63. The van der Waals surface area contributed by atoms with Crippen molar-refractivity contribution >= 4 is 26.8 Å². The third kappa shape index (κ3) is 7.17. The molecule has 0 radical (unpaired) electrons. The van der Waals surface area contributed by atoms with Gasteiger partial charge in [-0.25, -0.2) is 17.9 Å². The summed E-state index contributed by atoms with van der Waals surface area (Å²) >= 11 is 0. The van der Waals surface area contributed by atoms with Gasteiger partial charge in [0.25, 0.3) is 0 Å². The normalized spacial score (nSPS) is 18.4. The van der Waals surface area contributed by atoms with Gasteiger partial charge in [0.2, 0.25) is 10.0 Å². The molecule has 0 amide bonds. The van der Waals surface area contributed by atoms with Crippen molar-refractivity contribution in [2.75, 3.05) is 19.6 Å². The molecular formula is C20H25F3N2O5S. The van der Waals surface area contributed by atoms with Gasteiger partial charge in [-0.15, -0.1) is 0 Å². The highest BCUT2D eigenvalue weighted by Gasteiger charge is 2.38. The molecule has 31 heavy (non-hydrogen) atoms. The van der Waals surface area contributed by atoms with E-state index >= 15 is 0 Å². The first-order chi connectivity index (χ1) is 14.4. The fourth-order valence-corrected chi connectivity index (χ4v) is 4.61. The lowest BCUT2D eigenvalue weighted by Gasteiger charge is -2.24. The van der Waals surface area contributed by atoms with E-state index in [-0.39, 0.29) is 11.4 Å². The summed E-state index contributed by atoms with van der Waals surface area (Å²) in [6, 6.07) is 13.1. The van der Waals surface area contributed by atoms with Crippen molar-refractivity contribution < 1.29 is 36.6 Å². The zero-order valence-electron chi connectivity index (χ0n) is 16.8. The molecule has 1 unspecified atom stereocenters. The molecule has 0 aliphatic carbocycles. The van der Waals surface area contributed by atoms with Crippen LogP contribution in [0.1, 0.15) is 19.8 Å². The van der Waals surface area contributed by atoms with Gasteiger partial charge in [0.1, 0.15) is 0 Å². The van der Waals surface area contributed by atoms with Crippen molar-refractivity contribution in [1.82, 2.24) is 9.62 Å². The molecule has 1 aliphatic heterocycles. The van der Waals surface area contributed by atoms with Gasteiger partial charge in [-0.3, -0.25) is 4.90 Å². The summed E-state index contributed by atoms with van der Waals surface area (Å²) in [5, 5.41) is 18.9. The van der Waals surface area contributed by atoms with E-state index in [0.29, 0.717) is 18.0 Å². The van der Waals surface area contributed by atoms with Crippen LogP contribution in [-0.2, 0) is 14.8 Å². The summed E-state index contributed by atoms with van der Waals surface area (Å²) in [7, 11) is -3.66. The number of rotatable bonds is 6. The maximum Gasteiger partial charge on any atom is 0.490 e. The number of benzene rings is 2. The number of carbonyl (C=O) groups is 1. The van der Waals surface area contributed by atoms with E-state index in [9.17, 15) is 26.7 Å². The number of nitrogens with zero attached hydrogens (tertiary/aromatic N) is 1. The number of aliphatic carboxylic acids is 1. The SMILES string of the molecule is CC1CCCN1C[C@@H](O)CNS(=O)(=O)c1cccc2ccccc12.O=C(O)C(F)(F)F. The molecule has 3 rings (SSSR count). The second kappa shape index (κ2) is 10.4. The number of fused-ring (bicyclic) bond motifs is 1. The van der Waals surface area contributed by atoms with Crippen molar-refractivity contribution in [2.45, 2.75) is 43.0 Å². The predicted octanol–water partition coefficient (Wildman–Crippen LogP) is 2.60. The number of hydrogen-bond donors (Lipinski definition) is 3. The van der Waals surface area contributed by atoms with Gasteiger partial charge < -0.3 is 10.2 Å². The largest absolute Gasteiger partial charge is 0.490 e. The third-order valence-electron chi connectivity index (χ3n) is 4.93. The summed E-state index contributed by atoms with van der Waals surface area (Å²) in [4.78, 5) is 11.4. The van der Waals surface area contributed by atoms with Gasteiger partial charge >= 0.3 is 12.1 Å². The molecular weight excluding hydrogens is 437 g/mol. The highest BCUT2D eigenvalue weighted by Crippen LogP contribution is 2.22. The zero-order chi connectivity index (χ0) is 23.2. The number of aliphatic hydroxyl groups excluding tert-OH is 1. The Morgan fingerprint density at radius 2 is 1.84 bits per heavy atom. The molecule has 2 atom stereocenters. The highest BCUT2D eigenvalue weighted by atomic mass is 32.2. The molecule has 0 aromatic heterocycles. The zero-order valence-corrected chi connectivity index (χ0v) is 17.7. The second-order valence-corrected chi connectivity index (χ2v) is 9.01. The van der Waals surface area contributed by atoms with Crippen molar-refractivity contribution in [2.24, 2.45) is 0 Å². The standard InChI is InChI=1S/C18H24N2O3S.C2HF3O2/c1-14-6-5-11-20(14)13-16(21)12-19-24(22,23)18-10-4-8-15-7-2-3-9-17(15)18;3-2(4,5)1(6)7/h2-4,7-10,14,16,19,21H,5-6,11-13H2,1H3;(H,6,7)/t14?,16-;/m0./s1. The lowest BCUT2D eigenvalue weighted by Crippen LogP contribution is -2.41. The van der Waals surface area contributed by atoms with Crippen LogP contribution in [-0.4, -0.2) is 67.5 Å². The number of hydrogen-bond acceptors (Lipinski definition) is 5. The average molecular weight is 462 g/mol. The third-order valence-corrected chi connectivity index (χ3v) is 6.41. The van der Waals surface area contributed by atoms with Gasteiger partial charge in [0.05, 0.1) is 11.0 Å². The number of halogens is 3. The Kier molecular flexibility index (Phi) is 8.41. The molecule has 1 fully saturated rings. The predicted molar refractivity (Wildman–Crippen MR) is 109 cm³/mol. The Bertz CT molecular complexity index is 992. The van der Waals surface area contributed by atoms with E-state index in [1.54, 1.807) is 18.2 Å². The quantitative estimate of drug-likeness (QED) is 0.609. The number of likely N-dealkylation sites (tertiary alicyclic amines) is 1. The number of nitrogens with one attached hydrogen (secondary N) is 1. The van der Waals surface area contributed by atoms with Crippen LogP contribution in [0.2, 0.25) is 0 Å². The van der Waals surface area contributed by atoms with Crippen LogP contribution in [0, 0.1) is 0 Å². The number of carboxylic acid groups (broad SMARTS) is 1. The smallest absolute Gasteiger partial charge is 0.475 e. The Morgan fingerprint density at radius 1 is 1.23 bits per heavy atom. The maximum atomic E-state index is 12.6. The van der Waals surface area contributed by atoms with Crippen LogP contribution in [0.4, 0.5) is 13.2 Å². The van der Waals surface area contributed by atoms with Crippen molar-refractivity contribution in [3.63, 3.8) is 0 Å². The number of sulfonamides is 1. The van der Waals surface area contributed by atoms with E-state index in [1.807, 2.05) is 24.3 Å². The molecule has 1 heterocycles. The first-order valence-corrected chi connectivity index (χ1v) is 11.1. The van der Waals surface area contributed by atoms with Gasteiger partial charge in [0, 0.05) is 24.5 Å². The van der Waals surface area contributed by atoms with Crippen LogP contribution in [0.5, 0.6) is 0 Å².